The number of rotatable bonds is 16. The van der Waals surface area contributed by atoms with Crippen molar-refractivity contribution in [3.63, 3.8) is 0 Å². The van der Waals surface area contributed by atoms with Crippen molar-refractivity contribution in [2.24, 2.45) is 0 Å². The molecule has 0 saturated carbocycles. The van der Waals surface area contributed by atoms with Crippen molar-refractivity contribution in [1.82, 2.24) is 4.65 Å². The van der Waals surface area contributed by atoms with Crippen molar-refractivity contribution in [1.29, 1.82) is 0 Å². The third-order valence-electron chi connectivity index (χ3n) is 4.46. The molecule has 0 aliphatic rings. The lowest BCUT2D eigenvalue weighted by Gasteiger charge is -2.35. The molecule has 128 valence electrons. The van der Waals surface area contributed by atoms with Crippen LogP contribution in [0.3, 0.4) is 0 Å². The van der Waals surface area contributed by atoms with E-state index in [1.165, 1.54) is 0 Å². The van der Waals surface area contributed by atoms with E-state index in [1.54, 1.807) is 0 Å². The zero-order chi connectivity index (χ0) is 17.6. The summed E-state index contributed by atoms with van der Waals surface area (Å²) in [5.74, 6) is 0. The largest absolute Gasteiger partial charge is 0.368 e. The third kappa shape index (κ3) is 7.77. The van der Waals surface area contributed by atoms with Gasteiger partial charge < -0.3 is 4.65 Å². The average Bonchev–Trinajstić information content (AvgIpc) is 2.49. The maximum Gasteiger partial charge on any atom is 0.0917 e. The van der Waals surface area contributed by atoms with Gasteiger partial charge in [0, 0.05) is 0 Å². The predicted octanol–water partition coefficient (Wildman–Crippen LogP) is 4.52. The molecule has 0 amide bonds. The standard InChI is InChI=1S/C20H35NSi2/c1-7-13-19(14-8-2,15-9-3)22-21-23-20(16-10-4,17-11-5)18-12-6/h7-12,21H,1-6,13-18,22-23H2. The summed E-state index contributed by atoms with van der Waals surface area (Å²) in [6.07, 6.45) is 18.5. The van der Waals surface area contributed by atoms with Crippen molar-refractivity contribution < 1.29 is 0 Å². The van der Waals surface area contributed by atoms with Crippen LogP contribution in [-0.2, 0) is 0 Å². The van der Waals surface area contributed by atoms with Crippen LogP contribution in [0, 0.1) is 0 Å². The van der Waals surface area contributed by atoms with Gasteiger partial charge in [0.05, 0.1) is 19.4 Å². The van der Waals surface area contributed by atoms with Crippen molar-refractivity contribution in [3.8, 4) is 0 Å². The number of hydrogen-bond acceptors (Lipinski definition) is 1. The molecule has 0 saturated heterocycles. The van der Waals surface area contributed by atoms with Crippen molar-refractivity contribution in [2.45, 2.75) is 48.6 Å². The van der Waals surface area contributed by atoms with Gasteiger partial charge in [0.2, 0.25) is 0 Å². The molecule has 1 N–H and O–H groups in total. The van der Waals surface area contributed by atoms with Gasteiger partial charge in [-0.25, -0.2) is 0 Å². The van der Waals surface area contributed by atoms with Gasteiger partial charge in [-0.2, -0.15) is 0 Å². The Kier molecular flexibility index (Phi) is 11.7. The Bertz CT molecular complexity index is 321. The van der Waals surface area contributed by atoms with E-state index in [2.05, 4.69) is 44.1 Å². The first-order chi connectivity index (χ1) is 11.1. The molecular weight excluding hydrogens is 310 g/mol. The number of allylic oxidation sites excluding steroid dienone is 6. The van der Waals surface area contributed by atoms with Gasteiger partial charge in [-0.05, 0) is 48.6 Å². The van der Waals surface area contributed by atoms with Crippen LogP contribution in [0.1, 0.15) is 38.5 Å². The molecule has 23 heavy (non-hydrogen) atoms. The molecule has 0 radical (unpaired) electrons. The van der Waals surface area contributed by atoms with Crippen molar-refractivity contribution in [3.05, 3.63) is 75.9 Å². The molecule has 0 aliphatic heterocycles. The summed E-state index contributed by atoms with van der Waals surface area (Å²) in [6.45, 7) is 23.7. The number of hydrogen-bond donors (Lipinski definition) is 1. The maximum atomic E-state index is 3.97. The Morgan fingerprint density at radius 3 is 0.913 bits per heavy atom. The Morgan fingerprint density at radius 2 is 0.739 bits per heavy atom. The lowest BCUT2D eigenvalue weighted by atomic mass is 9.96. The van der Waals surface area contributed by atoms with Crippen LogP contribution in [0.2, 0.25) is 10.1 Å². The van der Waals surface area contributed by atoms with Crippen LogP contribution in [0.15, 0.2) is 75.9 Å². The smallest absolute Gasteiger partial charge is 0.0917 e. The summed E-state index contributed by atoms with van der Waals surface area (Å²) in [6, 6.07) is 0. The second-order valence-electron chi connectivity index (χ2n) is 6.56. The summed E-state index contributed by atoms with van der Waals surface area (Å²) >= 11 is 0. The highest BCUT2D eigenvalue weighted by Crippen LogP contribution is 2.41. The summed E-state index contributed by atoms with van der Waals surface area (Å²) in [7, 11) is -0.900. The normalized spacial score (nSPS) is 12.5. The van der Waals surface area contributed by atoms with Gasteiger partial charge in [0.25, 0.3) is 0 Å². The molecule has 1 nitrogen and oxygen atoms in total. The summed E-state index contributed by atoms with van der Waals surface area (Å²) in [5, 5.41) is 0.584. The van der Waals surface area contributed by atoms with Gasteiger partial charge in [-0.15, -0.1) is 39.5 Å². The average molecular weight is 346 g/mol. The van der Waals surface area contributed by atoms with Crippen molar-refractivity contribution in [2.75, 3.05) is 0 Å². The molecule has 0 heterocycles. The molecule has 3 heteroatoms. The zero-order valence-corrected chi connectivity index (χ0v) is 17.7. The lowest BCUT2D eigenvalue weighted by Crippen LogP contribution is -2.40. The molecule has 0 fully saturated rings. The first-order valence-corrected chi connectivity index (χ1v) is 11.3. The quantitative estimate of drug-likeness (QED) is 0.320. The summed E-state index contributed by atoms with van der Waals surface area (Å²) in [4.78, 5) is 0. The van der Waals surface area contributed by atoms with Gasteiger partial charge in [-0.3, -0.25) is 0 Å². The van der Waals surface area contributed by atoms with E-state index in [4.69, 9.17) is 0 Å². The van der Waals surface area contributed by atoms with E-state index >= 15 is 0 Å². The SMILES string of the molecule is C=CCC(CC=C)(CC=C)[SiH2]N[SiH2]C(CC=C)(CC=C)CC=C. The highest BCUT2D eigenvalue weighted by Gasteiger charge is 2.30. The zero-order valence-electron chi connectivity index (χ0n) is 14.9. The Labute approximate surface area is 148 Å². The highest BCUT2D eigenvalue weighted by atomic mass is 28.3. The number of nitrogens with one attached hydrogen (secondary N) is 1. The Morgan fingerprint density at radius 1 is 0.522 bits per heavy atom. The third-order valence-corrected chi connectivity index (χ3v) is 9.70. The maximum absolute atomic E-state index is 3.97. The summed E-state index contributed by atoms with van der Waals surface area (Å²) in [5.41, 5.74) is 0. The fourth-order valence-corrected chi connectivity index (χ4v) is 10.2. The first kappa shape index (κ1) is 21.8. The monoisotopic (exact) mass is 345 g/mol. The molecule has 0 bridgehead atoms. The summed E-state index contributed by atoms with van der Waals surface area (Å²) < 4.78 is 3.97. The molecule has 0 aromatic rings. The minimum atomic E-state index is -0.450. The minimum absolute atomic E-state index is 0.292. The fourth-order valence-electron chi connectivity index (χ4n) is 3.36. The van der Waals surface area contributed by atoms with E-state index in [1.807, 2.05) is 36.5 Å². The highest BCUT2D eigenvalue weighted by molar-refractivity contribution is 6.55. The van der Waals surface area contributed by atoms with E-state index < -0.39 is 19.4 Å². The van der Waals surface area contributed by atoms with Gasteiger partial charge in [0.15, 0.2) is 0 Å². The van der Waals surface area contributed by atoms with Gasteiger partial charge in [-0.1, -0.05) is 36.5 Å². The van der Waals surface area contributed by atoms with Crippen LogP contribution in [0.5, 0.6) is 0 Å². The van der Waals surface area contributed by atoms with Crippen LogP contribution < -0.4 is 4.65 Å². The van der Waals surface area contributed by atoms with Crippen molar-refractivity contribution >= 4 is 19.4 Å². The van der Waals surface area contributed by atoms with Gasteiger partial charge in [0.1, 0.15) is 0 Å². The molecule has 0 aliphatic carbocycles. The van der Waals surface area contributed by atoms with E-state index in [-0.39, 0.29) is 0 Å². The second-order valence-corrected chi connectivity index (χ2v) is 12.3. The van der Waals surface area contributed by atoms with Crippen LogP contribution in [0.4, 0.5) is 0 Å². The van der Waals surface area contributed by atoms with Crippen LogP contribution in [0.25, 0.3) is 0 Å². The second kappa shape index (κ2) is 12.3. The Balaban J connectivity index is 5.02. The molecular formula is C20H35NSi2. The molecule has 0 rings (SSSR count). The molecule has 0 atom stereocenters. The molecule has 0 spiro atoms. The molecule has 0 unspecified atom stereocenters. The molecule has 0 aromatic carbocycles. The van der Waals surface area contributed by atoms with E-state index in [0.29, 0.717) is 10.1 Å². The Hall–Kier alpha value is -1.17. The minimum Gasteiger partial charge on any atom is -0.368 e. The molecule has 0 aromatic heterocycles. The lowest BCUT2D eigenvalue weighted by molar-refractivity contribution is 0.556. The fraction of sp³-hybridized carbons (Fsp3) is 0.400. The van der Waals surface area contributed by atoms with E-state index in [9.17, 15) is 0 Å². The predicted molar refractivity (Wildman–Crippen MR) is 114 cm³/mol. The van der Waals surface area contributed by atoms with Crippen LogP contribution >= 0.6 is 0 Å². The first-order valence-electron chi connectivity index (χ1n) is 8.43. The van der Waals surface area contributed by atoms with Crippen LogP contribution in [-0.4, -0.2) is 19.4 Å². The topological polar surface area (TPSA) is 12.0 Å². The van der Waals surface area contributed by atoms with Gasteiger partial charge >= 0.3 is 0 Å². The van der Waals surface area contributed by atoms with E-state index in [0.717, 1.165) is 38.5 Å².